The second-order valence-electron chi connectivity index (χ2n) is 8.35. The van der Waals surface area contributed by atoms with E-state index < -0.39 is 0 Å². The van der Waals surface area contributed by atoms with E-state index in [-0.39, 0.29) is 17.2 Å². The molecular weight excluding hydrogens is 444 g/mol. The Hall–Kier alpha value is -3.84. The molecule has 7 heteroatoms. The van der Waals surface area contributed by atoms with Gasteiger partial charge >= 0.3 is 0 Å². The fraction of sp³-hybridized carbons (Fsp3) is 0.148. The van der Waals surface area contributed by atoms with Crippen LogP contribution in [0.1, 0.15) is 16.7 Å². The summed E-state index contributed by atoms with van der Waals surface area (Å²) in [6, 6.07) is 21.2. The summed E-state index contributed by atoms with van der Waals surface area (Å²) in [6.45, 7) is 6.01. The standard InChI is InChI=1S/C27H24N4O2S/c1-16-11-13-19(14-12-16)28-23(32)15-34-27-30-24-20-8-4-5-9-21(20)29-25(24)26(33)31(27)22-10-6-7-17(2)18(22)3/h4-14,29H,15H2,1-3H3,(H,28,32). The first-order chi connectivity index (χ1) is 16.4. The van der Waals surface area contributed by atoms with Crippen LogP contribution in [0.25, 0.3) is 27.6 Å². The molecule has 2 aromatic heterocycles. The van der Waals surface area contributed by atoms with Gasteiger partial charge in [0.05, 0.1) is 11.4 Å². The van der Waals surface area contributed by atoms with Crippen LogP contribution in [0.3, 0.4) is 0 Å². The molecule has 6 nitrogen and oxygen atoms in total. The highest BCUT2D eigenvalue weighted by Crippen LogP contribution is 2.28. The molecule has 5 aromatic rings. The van der Waals surface area contributed by atoms with Gasteiger partial charge in [-0.05, 0) is 56.2 Å². The molecule has 170 valence electrons. The Morgan fingerprint density at radius 3 is 2.56 bits per heavy atom. The number of hydrogen-bond donors (Lipinski definition) is 2. The summed E-state index contributed by atoms with van der Waals surface area (Å²) in [5, 5.41) is 4.28. The van der Waals surface area contributed by atoms with E-state index in [1.807, 2.05) is 87.5 Å². The van der Waals surface area contributed by atoms with Crippen molar-refractivity contribution in [1.82, 2.24) is 14.5 Å². The molecule has 1 amide bonds. The van der Waals surface area contributed by atoms with Crippen molar-refractivity contribution in [1.29, 1.82) is 0 Å². The largest absolute Gasteiger partial charge is 0.349 e. The number of aromatic amines is 1. The topological polar surface area (TPSA) is 79.8 Å². The number of carbonyl (C=O) groups is 1. The van der Waals surface area contributed by atoms with Gasteiger partial charge in [0.15, 0.2) is 5.16 Å². The van der Waals surface area contributed by atoms with E-state index in [1.165, 1.54) is 11.8 Å². The lowest BCUT2D eigenvalue weighted by molar-refractivity contribution is -0.113. The van der Waals surface area contributed by atoms with Crippen molar-refractivity contribution in [2.24, 2.45) is 0 Å². The number of para-hydroxylation sites is 1. The maximum atomic E-state index is 13.7. The highest BCUT2D eigenvalue weighted by molar-refractivity contribution is 7.99. The van der Waals surface area contributed by atoms with Crippen LogP contribution in [0, 0.1) is 20.8 Å². The van der Waals surface area contributed by atoms with E-state index in [0.29, 0.717) is 16.2 Å². The van der Waals surface area contributed by atoms with Crippen LogP contribution in [0.5, 0.6) is 0 Å². The van der Waals surface area contributed by atoms with Crippen molar-refractivity contribution in [2.45, 2.75) is 25.9 Å². The lowest BCUT2D eigenvalue weighted by Crippen LogP contribution is -2.23. The number of nitrogens with one attached hydrogen (secondary N) is 2. The monoisotopic (exact) mass is 468 g/mol. The maximum Gasteiger partial charge on any atom is 0.283 e. The molecule has 0 atom stereocenters. The van der Waals surface area contributed by atoms with Gasteiger partial charge in [-0.1, -0.05) is 59.8 Å². The van der Waals surface area contributed by atoms with E-state index in [2.05, 4.69) is 10.3 Å². The molecule has 2 N–H and O–H groups in total. The van der Waals surface area contributed by atoms with E-state index in [4.69, 9.17) is 4.98 Å². The average Bonchev–Trinajstić information content (AvgIpc) is 3.21. The van der Waals surface area contributed by atoms with Crippen molar-refractivity contribution < 1.29 is 4.79 Å². The molecule has 0 saturated carbocycles. The number of carbonyl (C=O) groups excluding carboxylic acids is 1. The number of thioether (sulfide) groups is 1. The molecule has 0 radical (unpaired) electrons. The van der Waals surface area contributed by atoms with Gasteiger partial charge in [-0.3, -0.25) is 14.2 Å². The minimum Gasteiger partial charge on any atom is -0.349 e. The molecule has 34 heavy (non-hydrogen) atoms. The number of aryl methyl sites for hydroxylation is 2. The number of fused-ring (bicyclic) bond motifs is 3. The number of H-pyrrole nitrogens is 1. The Bertz CT molecular complexity index is 1600. The van der Waals surface area contributed by atoms with Crippen molar-refractivity contribution >= 4 is 45.3 Å². The van der Waals surface area contributed by atoms with Crippen LogP contribution in [0.15, 0.2) is 76.7 Å². The van der Waals surface area contributed by atoms with Crippen molar-refractivity contribution in [3.05, 3.63) is 93.8 Å². The smallest absolute Gasteiger partial charge is 0.283 e. The summed E-state index contributed by atoms with van der Waals surface area (Å²) < 4.78 is 1.61. The highest BCUT2D eigenvalue weighted by Gasteiger charge is 2.19. The molecule has 0 aliphatic heterocycles. The second-order valence-corrected chi connectivity index (χ2v) is 9.29. The lowest BCUT2D eigenvalue weighted by atomic mass is 10.1. The highest BCUT2D eigenvalue weighted by atomic mass is 32.2. The Morgan fingerprint density at radius 1 is 1.00 bits per heavy atom. The van der Waals surface area contributed by atoms with Crippen LogP contribution >= 0.6 is 11.8 Å². The number of benzene rings is 3. The average molecular weight is 469 g/mol. The Morgan fingerprint density at radius 2 is 1.76 bits per heavy atom. The van der Waals surface area contributed by atoms with Crippen LogP contribution in [0.2, 0.25) is 0 Å². The summed E-state index contributed by atoms with van der Waals surface area (Å²) in [4.78, 5) is 34.5. The van der Waals surface area contributed by atoms with Crippen LogP contribution < -0.4 is 10.9 Å². The zero-order chi connectivity index (χ0) is 23.8. The number of rotatable bonds is 5. The van der Waals surface area contributed by atoms with Crippen molar-refractivity contribution in [2.75, 3.05) is 11.1 Å². The zero-order valence-electron chi connectivity index (χ0n) is 19.2. The van der Waals surface area contributed by atoms with E-state index in [1.54, 1.807) is 4.57 Å². The summed E-state index contributed by atoms with van der Waals surface area (Å²) in [5.41, 5.74) is 6.44. The fourth-order valence-electron chi connectivity index (χ4n) is 3.99. The third-order valence-corrected chi connectivity index (χ3v) is 6.92. The summed E-state index contributed by atoms with van der Waals surface area (Å²) in [6.07, 6.45) is 0. The van der Waals surface area contributed by atoms with Gasteiger partial charge < -0.3 is 10.3 Å². The number of hydrogen-bond acceptors (Lipinski definition) is 4. The zero-order valence-corrected chi connectivity index (χ0v) is 20.0. The molecule has 0 saturated heterocycles. The van der Waals surface area contributed by atoms with Crippen LogP contribution in [-0.2, 0) is 4.79 Å². The van der Waals surface area contributed by atoms with Gasteiger partial charge in [-0.2, -0.15) is 0 Å². The maximum absolute atomic E-state index is 13.7. The SMILES string of the molecule is Cc1ccc(NC(=O)CSc2nc3c([nH]c4ccccc43)c(=O)n2-c2cccc(C)c2C)cc1. The molecule has 0 aliphatic rings. The minimum atomic E-state index is -0.184. The first-order valence-electron chi connectivity index (χ1n) is 11.0. The molecule has 0 fully saturated rings. The molecule has 0 aliphatic carbocycles. The first kappa shape index (κ1) is 22.0. The number of nitrogens with zero attached hydrogens (tertiary/aromatic N) is 2. The predicted octanol–water partition coefficient (Wildman–Crippen LogP) is 5.52. The van der Waals surface area contributed by atoms with Gasteiger partial charge in [0, 0.05) is 16.6 Å². The third kappa shape index (κ3) is 3.99. The third-order valence-electron chi connectivity index (χ3n) is 5.98. The molecule has 0 unspecified atom stereocenters. The van der Waals surface area contributed by atoms with E-state index in [0.717, 1.165) is 39.0 Å². The van der Waals surface area contributed by atoms with Gasteiger partial charge in [0.25, 0.3) is 5.56 Å². The Labute approximate surface area is 201 Å². The van der Waals surface area contributed by atoms with Gasteiger partial charge in [-0.15, -0.1) is 0 Å². The first-order valence-corrected chi connectivity index (χ1v) is 12.0. The van der Waals surface area contributed by atoms with Gasteiger partial charge in [0.1, 0.15) is 11.0 Å². The van der Waals surface area contributed by atoms with Gasteiger partial charge in [-0.25, -0.2) is 4.98 Å². The normalized spacial score (nSPS) is 11.3. The fourth-order valence-corrected chi connectivity index (χ4v) is 4.79. The lowest BCUT2D eigenvalue weighted by Gasteiger charge is -2.15. The molecule has 0 bridgehead atoms. The minimum absolute atomic E-state index is 0.124. The molecule has 2 heterocycles. The molecular formula is C27H24N4O2S. The number of amides is 1. The second kappa shape index (κ2) is 8.83. The quantitative estimate of drug-likeness (QED) is 0.263. The van der Waals surface area contributed by atoms with E-state index in [9.17, 15) is 9.59 Å². The number of anilines is 1. The van der Waals surface area contributed by atoms with Crippen LogP contribution in [0.4, 0.5) is 5.69 Å². The summed E-state index contributed by atoms with van der Waals surface area (Å²) in [5.74, 6) is -0.0337. The van der Waals surface area contributed by atoms with Crippen molar-refractivity contribution in [3.63, 3.8) is 0 Å². The summed E-state index contributed by atoms with van der Waals surface area (Å²) >= 11 is 1.25. The Balaban J connectivity index is 1.59. The molecule has 0 spiro atoms. The van der Waals surface area contributed by atoms with Crippen LogP contribution in [-0.4, -0.2) is 26.2 Å². The summed E-state index contributed by atoms with van der Waals surface area (Å²) in [7, 11) is 0. The Kier molecular flexibility index (Phi) is 5.71. The predicted molar refractivity (Wildman–Crippen MR) is 139 cm³/mol. The van der Waals surface area contributed by atoms with E-state index >= 15 is 0 Å². The van der Waals surface area contributed by atoms with Crippen molar-refractivity contribution in [3.8, 4) is 5.69 Å². The van der Waals surface area contributed by atoms with Gasteiger partial charge in [0.2, 0.25) is 5.91 Å². The molecule has 3 aromatic carbocycles. The number of aromatic nitrogens is 3. The molecule has 5 rings (SSSR count).